The molecule has 0 amide bonds. The SMILES string of the molecule is CCn1c(CCN)cc2c(Cl)cccc21. The third kappa shape index (κ3) is 1.75. The molecule has 2 nitrogen and oxygen atoms in total. The van der Waals surface area contributed by atoms with Crippen molar-refractivity contribution in [3.63, 3.8) is 0 Å². The van der Waals surface area contributed by atoms with Gasteiger partial charge in [0.15, 0.2) is 0 Å². The molecule has 2 rings (SSSR count). The Morgan fingerprint density at radius 1 is 1.40 bits per heavy atom. The number of aryl methyl sites for hydroxylation is 1. The Kier molecular flexibility index (Phi) is 2.98. The molecule has 0 aliphatic carbocycles. The lowest BCUT2D eigenvalue weighted by atomic mass is 10.2. The van der Waals surface area contributed by atoms with Crippen molar-refractivity contribution in [2.24, 2.45) is 5.73 Å². The molecule has 0 aliphatic rings. The van der Waals surface area contributed by atoms with Gasteiger partial charge in [-0.1, -0.05) is 17.7 Å². The molecule has 1 heterocycles. The van der Waals surface area contributed by atoms with Crippen LogP contribution in [0.1, 0.15) is 12.6 Å². The minimum Gasteiger partial charge on any atom is -0.345 e. The number of aromatic nitrogens is 1. The Balaban J connectivity index is 2.67. The van der Waals surface area contributed by atoms with Gasteiger partial charge in [-0.05, 0) is 38.1 Å². The predicted octanol–water partition coefficient (Wildman–Crippen LogP) is 2.82. The van der Waals surface area contributed by atoms with Crippen LogP contribution in [0.25, 0.3) is 10.9 Å². The first-order valence-corrected chi connectivity index (χ1v) is 5.62. The van der Waals surface area contributed by atoms with Crippen LogP contribution in [0.2, 0.25) is 5.02 Å². The van der Waals surface area contributed by atoms with Gasteiger partial charge in [-0.15, -0.1) is 0 Å². The van der Waals surface area contributed by atoms with Gasteiger partial charge in [0.2, 0.25) is 0 Å². The van der Waals surface area contributed by atoms with Gasteiger partial charge in [-0.2, -0.15) is 0 Å². The lowest BCUT2D eigenvalue weighted by molar-refractivity contribution is 0.732. The van der Waals surface area contributed by atoms with Crippen molar-refractivity contribution < 1.29 is 0 Å². The first-order valence-electron chi connectivity index (χ1n) is 5.24. The van der Waals surface area contributed by atoms with Gasteiger partial charge in [0.1, 0.15) is 0 Å². The van der Waals surface area contributed by atoms with Crippen LogP contribution in [-0.4, -0.2) is 11.1 Å². The minimum absolute atomic E-state index is 0.675. The summed E-state index contributed by atoms with van der Waals surface area (Å²) in [6, 6.07) is 8.16. The second kappa shape index (κ2) is 4.25. The van der Waals surface area contributed by atoms with Gasteiger partial charge < -0.3 is 10.3 Å². The van der Waals surface area contributed by atoms with Crippen LogP contribution in [0, 0.1) is 0 Å². The van der Waals surface area contributed by atoms with E-state index in [1.165, 1.54) is 11.2 Å². The molecule has 0 radical (unpaired) electrons. The molecule has 0 bridgehead atoms. The molecule has 0 saturated heterocycles. The summed E-state index contributed by atoms with van der Waals surface area (Å²) in [4.78, 5) is 0. The number of benzene rings is 1. The van der Waals surface area contributed by atoms with E-state index in [0.29, 0.717) is 6.54 Å². The summed E-state index contributed by atoms with van der Waals surface area (Å²) in [5.41, 5.74) is 8.07. The van der Waals surface area contributed by atoms with E-state index in [9.17, 15) is 0 Å². The molecule has 15 heavy (non-hydrogen) atoms. The molecule has 0 unspecified atom stereocenters. The van der Waals surface area contributed by atoms with Crippen molar-refractivity contribution in [3.8, 4) is 0 Å². The monoisotopic (exact) mass is 222 g/mol. The van der Waals surface area contributed by atoms with Gasteiger partial charge in [0.25, 0.3) is 0 Å². The highest BCUT2D eigenvalue weighted by molar-refractivity contribution is 6.35. The number of halogens is 1. The van der Waals surface area contributed by atoms with Gasteiger partial charge >= 0.3 is 0 Å². The van der Waals surface area contributed by atoms with Gasteiger partial charge in [0.05, 0.1) is 0 Å². The zero-order valence-electron chi connectivity index (χ0n) is 8.83. The normalized spacial score (nSPS) is 11.1. The Morgan fingerprint density at radius 2 is 2.20 bits per heavy atom. The van der Waals surface area contributed by atoms with Crippen molar-refractivity contribution in [2.45, 2.75) is 19.9 Å². The molecule has 1 aromatic heterocycles. The molecule has 0 fully saturated rings. The Labute approximate surface area is 94.6 Å². The Bertz CT molecular complexity index is 474. The van der Waals surface area contributed by atoms with Crippen LogP contribution in [0.15, 0.2) is 24.3 Å². The lowest BCUT2D eigenvalue weighted by Gasteiger charge is -2.06. The molecule has 3 heteroatoms. The first-order chi connectivity index (χ1) is 7.27. The van der Waals surface area contributed by atoms with E-state index in [0.717, 1.165) is 23.4 Å². The average molecular weight is 223 g/mol. The van der Waals surface area contributed by atoms with Gasteiger partial charge in [0, 0.05) is 28.2 Å². The summed E-state index contributed by atoms with van der Waals surface area (Å²) in [7, 11) is 0. The molecular formula is C12H15ClN2. The van der Waals surface area contributed by atoms with E-state index >= 15 is 0 Å². The van der Waals surface area contributed by atoms with Crippen molar-refractivity contribution in [1.82, 2.24) is 4.57 Å². The first kappa shape index (κ1) is 10.5. The molecule has 0 saturated carbocycles. The van der Waals surface area contributed by atoms with E-state index in [1.807, 2.05) is 12.1 Å². The maximum atomic E-state index is 6.15. The molecule has 2 N–H and O–H groups in total. The highest BCUT2D eigenvalue weighted by Gasteiger charge is 2.08. The summed E-state index contributed by atoms with van der Waals surface area (Å²) < 4.78 is 2.27. The van der Waals surface area contributed by atoms with E-state index in [2.05, 4.69) is 23.6 Å². The molecular weight excluding hydrogens is 208 g/mol. The number of fused-ring (bicyclic) bond motifs is 1. The molecule has 0 spiro atoms. The number of nitrogens with two attached hydrogens (primary N) is 1. The fourth-order valence-corrected chi connectivity index (χ4v) is 2.26. The fraction of sp³-hybridized carbons (Fsp3) is 0.333. The number of rotatable bonds is 3. The zero-order valence-corrected chi connectivity index (χ0v) is 9.59. The van der Waals surface area contributed by atoms with Crippen LogP contribution in [0.4, 0.5) is 0 Å². The molecule has 0 atom stereocenters. The van der Waals surface area contributed by atoms with Crippen molar-refractivity contribution in [3.05, 3.63) is 35.0 Å². The molecule has 80 valence electrons. The lowest BCUT2D eigenvalue weighted by Crippen LogP contribution is -2.07. The zero-order chi connectivity index (χ0) is 10.8. The predicted molar refractivity (Wildman–Crippen MR) is 65.4 cm³/mol. The topological polar surface area (TPSA) is 30.9 Å². The largest absolute Gasteiger partial charge is 0.345 e. The van der Waals surface area contributed by atoms with Crippen LogP contribution in [0.5, 0.6) is 0 Å². The quantitative estimate of drug-likeness (QED) is 0.851. The summed E-state index contributed by atoms with van der Waals surface area (Å²) in [5, 5.41) is 1.95. The van der Waals surface area contributed by atoms with Crippen molar-refractivity contribution >= 4 is 22.5 Å². The van der Waals surface area contributed by atoms with E-state index in [4.69, 9.17) is 17.3 Å². The van der Waals surface area contributed by atoms with Crippen molar-refractivity contribution in [1.29, 1.82) is 0 Å². The van der Waals surface area contributed by atoms with Crippen LogP contribution >= 0.6 is 11.6 Å². The Hall–Kier alpha value is -0.990. The standard InChI is InChI=1S/C12H15ClN2/c1-2-15-9(6-7-14)8-10-11(13)4-3-5-12(10)15/h3-5,8H,2,6-7,14H2,1H3. The molecule has 2 aromatic rings. The van der Waals surface area contributed by atoms with Gasteiger partial charge in [-0.25, -0.2) is 0 Å². The van der Waals surface area contributed by atoms with E-state index in [1.54, 1.807) is 0 Å². The summed E-state index contributed by atoms with van der Waals surface area (Å²) in [6.45, 7) is 3.77. The third-order valence-corrected chi connectivity index (χ3v) is 3.02. The van der Waals surface area contributed by atoms with Crippen LogP contribution in [-0.2, 0) is 13.0 Å². The third-order valence-electron chi connectivity index (χ3n) is 2.70. The summed E-state index contributed by atoms with van der Waals surface area (Å²) in [6.07, 6.45) is 0.902. The number of nitrogens with zero attached hydrogens (tertiary/aromatic N) is 1. The smallest absolute Gasteiger partial charge is 0.0499 e. The fourth-order valence-electron chi connectivity index (χ4n) is 2.03. The molecule has 0 aliphatic heterocycles. The van der Waals surface area contributed by atoms with E-state index in [-0.39, 0.29) is 0 Å². The van der Waals surface area contributed by atoms with Crippen molar-refractivity contribution in [2.75, 3.05) is 6.54 Å². The van der Waals surface area contributed by atoms with Crippen LogP contribution in [0.3, 0.4) is 0 Å². The maximum Gasteiger partial charge on any atom is 0.0499 e. The highest BCUT2D eigenvalue weighted by Crippen LogP contribution is 2.27. The maximum absolute atomic E-state index is 6.15. The summed E-state index contributed by atoms with van der Waals surface area (Å²) >= 11 is 6.15. The second-order valence-electron chi connectivity index (χ2n) is 3.59. The molecule has 1 aromatic carbocycles. The summed E-state index contributed by atoms with van der Waals surface area (Å²) in [5.74, 6) is 0. The van der Waals surface area contributed by atoms with Gasteiger partial charge in [-0.3, -0.25) is 0 Å². The average Bonchev–Trinajstić information content (AvgIpc) is 2.58. The second-order valence-corrected chi connectivity index (χ2v) is 4.00. The highest BCUT2D eigenvalue weighted by atomic mass is 35.5. The number of hydrogen-bond acceptors (Lipinski definition) is 1. The van der Waals surface area contributed by atoms with Crippen LogP contribution < -0.4 is 5.73 Å². The van der Waals surface area contributed by atoms with E-state index < -0.39 is 0 Å². The minimum atomic E-state index is 0.675. The number of hydrogen-bond donors (Lipinski definition) is 1. The Morgan fingerprint density at radius 3 is 2.87 bits per heavy atom.